The van der Waals surface area contributed by atoms with Gasteiger partial charge in [-0.3, -0.25) is 4.79 Å². The van der Waals surface area contributed by atoms with Gasteiger partial charge in [0.2, 0.25) is 0 Å². The summed E-state index contributed by atoms with van der Waals surface area (Å²) in [6.45, 7) is 0. The number of rotatable bonds is 7. The number of nitrogens with two attached hydrogens (primary N) is 1. The summed E-state index contributed by atoms with van der Waals surface area (Å²) in [6.07, 6.45) is 1.61. The Morgan fingerprint density at radius 1 is 1.31 bits per heavy atom. The van der Waals surface area contributed by atoms with Crippen LogP contribution in [0.4, 0.5) is 8.78 Å². The van der Waals surface area contributed by atoms with Gasteiger partial charge in [0.15, 0.2) is 5.25 Å². The van der Waals surface area contributed by atoms with Crippen LogP contribution in [0.15, 0.2) is 41.6 Å². The lowest BCUT2D eigenvalue weighted by molar-refractivity contribution is -0.118. The van der Waals surface area contributed by atoms with Crippen LogP contribution in [-0.2, 0) is 20.8 Å². The molecule has 0 aromatic heterocycles. The SMILES string of the molecule is COc1cc(F)c(-c2ccc(C3=NOC(CC(C(N)=O)[S+](C)[O-])C3)cc2)c(F)c1. The van der Waals surface area contributed by atoms with E-state index >= 15 is 0 Å². The van der Waals surface area contributed by atoms with E-state index in [1.807, 2.05) is 0 Å². The Labute approximate surface area is 169 Å². The van der Waals surface area contributed by atoms with Gasteiger partial charge in [0.1, 0.15) is 23.5 Å². The average molecular weight is 422 g/mol. The molecule has 3 atom stereocenters. The number of methoxy groups -OCH3 is 1. The molecule has 6 nitrogen and oxygen atoms in total. The highest BCUT2D eigenvalue weighted by Gasteiger charge is 2.33. The van der Waals surface area contributed by atoms with E-state index in [1.165, 1.54) is 13.4 Å². The molecule has 0 saturated heterocycles. The lowest BCUT2D eigenvalue weighted by Crippen LogP contribution is -2.38. The minimum atomic E-state index is -1.40. The maximum atomic E-state index is 14.3. The molecule has 154 valence electrons. The zero-order chi connectivity index (χ0) is 21.1. The van der Waals surface area contributed by atoms with Crippen molar-refractivity contribution in [2.24, 2.45) is 10.9 Å². The predicted molar refractivity (Wildman–Crippen MR) is 106 cm³/mol. The zero-order valence-electron chi connectivity index (χ0n) is 15.9. The van der Waals surface area contributed by atoms with Crippen molar-refractivity contribution >= 4 is 22.8 Å². The largest absolute Gasteiger partial charge is 0.616 e. The molecule has 1 heterocycles. The molecular formula is C20H20F2N2O4S. The third-order valence-corrected chi connectivity index (χ3v) is 5.91. The first-order valence-corrected chi connectivity index (χ1v) is 10.4. The van der Waals surface area contributed by atoms with Gasteiger partial charge in [-0.1, -0.05) is 29.4 Å². The molecule has 2 aromatic carbocycles. The molecule has 3 unspecified atom stereocenters. The molecular weight excluding hydrogens is 402 g/mol. The van der Waals surface area contributed by atoms with Crippen LogP contribution in [0.1, 0.15) is 18.4 Å². The molecule has 0 saturated carbocycles. The average Bonchev–Trinajstić information content (AvgIpc) is 3.14. The highest BCUT2D eigenvalue weighted by Crippen LogP contribution is 2.30. The number of hydrogen-bond donors (Lipinski definition) is 1. The molecule has 29 heavy (non-hydrogen) atoms. The van der Waals surface area contributed by atoms with Gasteiger partial charge in [-0.2, -0.15) is 0 Å². The first-order chi connectivity index (χ1) is 13.8. The van der Waals surface area contributed by atoms with Crippen LogP contribution in [0, 0.1) is 11.6 Å². The molecule has 3 rings (SSSR count). The third kappa shape index (κ3) is 4.68. The fourth-order valence-corrected chi connectivity index (χ4v) is 3.96. The molecule has 0 radical (unpaired) electrons. The van der Waals surface area contributed by atoms with Gasteiger partial charge in [0.25, 0.3) is 5.91 Å². The number of primary amides is 1. The predicted octanol–water partition coefficient (Wildman–Crippen LogP) is 2.76. The topological polar surface area (TPSA) is 97.0 Å². The number of amides is 1. The Kier molecular flexibility index (Phi) is 6.39. The van der Waals surface area contributed by atoms with E-state index in [1.54, 1.807) is 24.3 Å². The Bertz CT molecular complexity index is 912. The van der Waals surface area contributed by atoms with Crippen molar-refractivity contribution in [1.82, 2.24) is 0 Å². The highest BCUT2D eigenvalue weighted by molar-refractivity contribution is 7.92. The minimum absolute atomic E-state index is 0.103. The summed E-state index contributed by atoms with van der Waals surface area (Å²) in [6, 6.07) is 8.80. The van der Waals surface area contributed by atoms with Crippen molar-refractivity contribution in [2.45, 2.75) is 24.2 Å². The fourth-order valence-electron chi connectivity index (χ4n) is 3.15. The number of carbonyl (C=O) groups is 1. The van der Waals surface area contributed by atoms with E-state index in [0.717, 1.165) is 17.7 Å². The molecule has 0 fully saturated rings. The van der Waals surface area contributed by atoms with E-state index in [9.17, 15) is 18.1 Å². The van der Waals surface area contributed by atoms with E-state index in [2.05, 4.69) is 5.16 Å². The van der Waals surface area contributed by atoms with Gasteiger partial charge in [0, 0.05) is 25.0 Å². The van der Waals surface area contributed by atoms with Gasteiger partial charge < -0.3 is 19.9 Å². The van der Waals surface area contributed by atoms with Gasteiger partial charge in [0.05, 0.1) is 24.6 Å². The van der Waals surface area contributed by atoms with Crippen LogP contribution in [0.25, 0.3) is 11.1 Å². The van der Waals surface area contributed by atoms with Crippen molar-refractivity contribution < 1.29 is 27.7 Å². The summed E-state index contributed by atoms with van der Waals surface area (Å²) in [7, 11) is 1.34. The van der Waals surface area contributed by atoms with E-state index < -0.39 is 40.1 Å². The van der Waals surface area contributed by atoms with Gasteiger partial charge in [-0.25, -0.2) is 8.78 Å². The number of carbonyl (C=O) groups excluding carboxylic acids is 1. The van der Waals surface area contributed by atoms with E-state index in [4.69, 9.17) is 15.3 Å². The van der Waals surface area contributed by atoms with Crippen LogP contribution in [-0.4, -0.2) is 40.9 Å². The number of benzene rings is 2. The summed E-state index contributed by atoms with van der Waals surface area (Å²) >= 11 is -1.40. The van der Waals surface area contributed by atoms with Gasteiger partial charge >= 0.3 is 0 Å². The number of hydrogen-bond acceptors (Lipinski definition) is 5. The Morgan fingerprint density at radius 3 is 2.41 bits per heavy atom. The normalized spacial score (nSPS) is 18.0. The molecule has 1 aliphatic rings. The summed E-state index contributed by atoms with van der Waals surface area (Å²) in [5.41, 5.74) is 6.86. The molecule has 2 aromatic rings. The lowest BCUT2D eigenvalue weighted by Gasteiger charge is -2.17. The number of nitrogens with zero attached hydrogens (tertiary/aromatic N) is 1. The van der Waals surface area contributed by atoms with Gasteiger partial charge in [-0.15, -0.1) is 0 Å². The van der Waals surface area contributed by atoms with E-state index in [0.29, 0.717) is 17.7 Å². The lowest BCUT2D eigenvalue weighted by atomic mass is 9.98. The van der Waals surface area contributed by atoms with Crippen molar-refractivity contribution in [3.05, 3.63) is 53.6 Å². The summed E-state index contributed by atoms with van der Waals surface area (Å²) in [4.78, 5) is 16.8. The Hall–Kier alpha value is -2.65. The summed E-state index contributed by atoms with van der Waals surface area (Å²) in [5.74, 6) is -1.98. The second kappa shape index (κ2) is 8.79. The van der Waals surface area contributed by atoms with E-state index in [-0.39, 0.29) is 17.7 Å². The van der Waals surface area contributed by atoms with Crippen molar-refractivity contribution in [3.63, 3.8) is 0 Å². The van der Waals surface area contributed by atoms with Gasteiger partial charge in [-0.05, 0) is 22.3 Å². The van der Waals surface area contributed by atoms with Crippen LogP contribution < -0.4 is 10.5 Å². The fraction of sp³-hybridized carbons (Fsp3) is 0.300. The standard InChI is InChI=1S/C20H20F2N2O4S/c1-27-13-7-15(21)19(16(22)8-13)12-5-3-11(4-6-12)17-9-14(28-24-17)10-18(20(23)25)29(2)26/h3-8,14,18H,9-10H2,1-2H3,(H2,23,25). The zero-order valence-corrected chi connectivity index (χ0v) is 16.7. The molecule has 9 heteroatoms. The molecule has 1 aliphatic heterocycles. The molecule has 1 amide bonds. The Balaban J connectivity index is 1.73. The third-order valence-electron chi connectivity index (χ3n) is 4.69. The quantitative estimate of drug-likeness (QED) is 0.694. The first kappa shape index (κ1) is 21.1. The number of ether oxygens (including phenoxy) is 1. The number of halogens is 2. The van der Waals surface area contributed by atoms with Crippen molar-refractivity contribution in [3.8, 4) is 16.9 Å². The molecule has 0 spiro atoms. The molecule has 2 N–H and O–H groups in total. The Morgan fingerprint density at radius 2 is 1.90 bits per heavy atom. The second-order valence-corrected chi connectivity index (χ2v) is 8.20. The van der Waals surface area contributed by atoms with Crippen LogP contribution in [0.5, 0.6) is 5.75 Å². The minimum Gasteiger partial charge on any atom is -0.616 e. The first-order valence-electron chi connectivity index (χ1n) is 8.78. The van der Waals surface area contributed by atoms with Crippen LogP contribution in [0.3, 0.4) is 0 Å². The summed E-state index contributed by atoms with van der Waals surface area (Å²) in [5, 5.41) is 3.21. The molecule has 0 aliphatic carbocycles. The van der Waals surface area contributed by atoms with Crippen LogP contribution in [0.2, 0.25) is 0 Å². The number of oxime groups is 1. The summed E-state index contributed by atoms with van der Waals surface area (Å²) < 4.78 is 45.0. The van der Waals surface area contributed by atoms with Crippen molar-refractivity contribution in [1.29, 1.82) is 0 Å². The maximum absolute atomic E-state index is 14.3. The highest BCUT2D eigenvalue weighted by atomic mass is 32.2. The maximum Gasteiger partial charge on any atom is 0.270 e. The smallest absolute Gasteiger partial charge is 0.270 e. The van der Waals surface area contributed by atoms with Crippen molar-refractivity contribution in [2.75, 3.05) is 13.4 Å². The second-order valence-electron chi connectivity index (χ2n) is 6.64. The molecule has 0 bridgehead atoms. The monoisotopic (exact) mass is 422 g/mol. The van der Waals surface area contributed by atoms with Crippen LogP contribution >= 0.6 is 0 Å².